The van der Waals surface area contributed by atoms with Gasteiger partial charge in [0.1, 0.15) is 25.2 Å². The summed E-state index contributed by atoms with van der Waals surface area (Å²) in [5.74, 6) is -1.47. The average Bonchev–Trinajstić information content (AvgIpc) is 2.77. The van der Waals surface area contributed by atoms with Gasteiger partial charge in [0, 0.05) is 17.0 Å². The maximum Gasteiger partial charge on any atom is 0.326 e. The number of benzene rings is 2. The molecule has 3 rings (SSSR count). The number of esters is 1. The maximum atomic E-state index is 12.6. The third-order valence-corrected chi connectivity index (χ3v) is 6.14. The van der Waals surface area contributed by atoms with Gasteiger partial charge in [-0.05, 0) is 36.8 Å². The Morgan fingerprint density at radius 1 is 1.23 bits per heavy atom. The van der Waals surface area contributed by atoms with Gasteiger partial charge in [0.05, 0.1) is 10.3 Å². The summed E-state index contributed by atoms with van der Waals surface area (Å²) in [5, 5.41) is 10.3. The number of hydrogen-bond acceptors (Lipinski definition) is 8. The van der Waals surface area contributed by atoms with Crippen LogP contribution in [0.1, 0.15) is 12.5 Å². The highest BCUT2D eigenvalue weighted by Crippen LogP contribution is 2.41. The molecule has 0 saturated carbocycles. The van der Waals surface area contributed by atoms with Crippen molar-refractivity contribution in [2.45, 2.75) is 29.9 Å². The molecular formula is C21H20N2O7S. The Balaban J connectivity index is 1.62. The molecule has 1 heterocycles. The Morgan fingerprint density at radius 2 is 1.90 bits per heavy atom. The molecule has 1 fully saturated rings. The summed E-state index contributed by atoms with van der Waals surface area (Å²) >= 11 is 1.40. The number of amides is 1. The molecule has 2 aromatic carbocycles. The van der Waals surface area contributed by atoms with Gasteiger partial charge in [0.2, 0.25) is 5.91 Å². The molecule has 0 spiro atoms. The lowest BCUT2D eigenvalue weighted by Crippen LogP contribution is -2.64. The molecule has 10 heteroatoms. The van der Waals surface area contributed by atoms with Gasteiger partial charge < -0.3 is 14.4 Å². The van der Waals surface area contributed by atoms with Crippen LogP contribution in [-0.2, 0) is 30.5 Å². The van der Waals surface area contributed by atoms with Crippen molar-refractivity contribution in [1.29, 1.82) is 0 Å². The third-order valence-electron chi connectivity index (χ3n) is 4.81. The summed E-state index contributed by atoms with van der Waals surface area (Å²) < 4.78 is 10.2. The minimum atomic E-state index is -0.626. The smallest absolute Gasteiger partial charge is 0.326 e. The molecule has 162 valence electrons. The van der Waals surface area contributed by atoms with E-state index in [4.69, 9.17) is 9.47 Å². The molecular weight excluding hydrogens is 424 g/mol. The Kier molecular flexibility index (Phi) is 7.24. The first-order chi connectivity index (χ1) is 14.9. The van der Waals surface area contributed by atoms with Crippen LogP contribution in [0.3, 0.4) is 0 Å². The lowest BCUT2D eigenvalue weighted by atomic mass is 9.92. The summed E-state index contributed by atoms with van der Waals surface area (Å²) in [7, 11) is 0. The van der Waals surface area contributed by atoms with E-state index >= 15 is 0 Å². The van der Waals surface area contributed by atoms with E-state index in [9.17, 15) is 24.5 Å². The molecule has 0 radical (unpaired) electrons. The van der Waals surface area contributed by atoms with Crippen LogP contribution in [0.4, 0.5) is 5.69 Å². The minimum absolute atomic E-state index is 0.0558. The van der Waals surface area contributed by atoms with E-state index in [1.807, 2.05) is 30.3 Å². The fourth-order valence-corrected chi connectivity index (χ4v) is 4.54. The molecule has 31 heavy (non-hydrogen) atoms. The fraction of sp³-hybridized carbons (Fsp3) is 0.286. The number of β-lactam (4-membered cyclic amide) rings is 1. The lowest BCUT2D eigenvalue weighted by molar-refractivity contribution is -0.384. The Bertz CT molecular complexity index is 952. The summed E-state index contributed by atoms with van der Waals surface area (Å²) in [6, 6.07) is 15.0. The normalized spacial score (nSPS) is 18.6. The summed E-state index contributed by atoms with van der Waals surface area (Å²) in [4.78, 5) is 48.1. The summed E-state index contributed by atoms with van der Waals surface area (Å²) in [6.07, 6.45) is -0.626. The van der Waals surface area contributed by atoms with E-state index < -0.39 is 28.3 Å². The van der Waals surface area contributed by atoms with Crippen LogP contribution < -0.4 is 0 Å². The maximum absolute atomic E-state index is 12.6. The van der Waals surface area contributed by atoms with Crippen LogP contribution in [0.15, 0.2) is 59.5 Å². The zero-order valence-corrected chi connectivity index (χ0v) is 17.4. The van der Waals surface area contributed by atoms with Crippen molar-refractivity contribution >= 4 is 35.8 Å². The summed E-state index contributed by atoms with van der Waals surface area (Å²) in [6.45, 7) is 1.63. The first-order valence-electron chi connectivity index (χ1n) is 9.41. The largest absolute Gasteiger partial charge is 0.464 e. The minimum Gasteiger partial charge on any atom is -0.464 e. The molecule has 1 aliphatic heterocycles. The number of ether oxygens (including phenoxy) is 2. The van der Waals surface area contributed by atoms with Gasteiger partial charge in [-0.1, -0.05) is 18.2 Å². The number of likely N-dealkylation sites (tertiary alicyclic amines) is 1. The molecule has 0 unspecified atom stereocenters. The van der Waals surface area contributed by atoms with Gasteiger partial charge in [-0.3, -0.25) is 24.5 Å². The highest BCUT2D eigenvalue weighted by Gasteiger charge is 2.52. The Hall–Kier alpha value is -3.40. The number of hydrogen-bond donors (Lipinski definition) is 0. The van der Waals surface area contributed by atoms with E-state index in [1.54, 1.807) is 6.92 Å². The lowest BCUT2D eigenvalue weighted by Gasteiger charge is -2.47. The molecule has 0 aliphatic carbocycles. The van der Waals surface area contributed by atoms with Gasteiger partial charge in [-0.25, -0.2) is 0 Å². The second kappa shape index (κ2) is 10.1. The van der Waals surface area contributed by atoms with Crippen molar-refractivity contribution in [2.24, 2.45) is 5.92 Å². The molecule has 0 bridgehead atoms. The zero-order chi connectivity index (χ0) is 22.4. The molecule has 1 amide bonds. The summed E-state index contributed by atoms with van der Waals surface area (Å²) in [5.41, 5.74) is 0.537. The molecule has 0 aromatic heterocycles. The monoisotopic (exact) mass is 444 g/mol. The van der Waals surface area contributed by atoms with Gasteiger partial charge in [0.15, 0.2) is 0 Å². The van der Waals surface area contributed by atoms with Gasteiger partial charge in [0.25, 0.3) is 12.2 Å². The van der Waals surface area contributed by atoms with Crippen LogP contribution in [-0.4, -0.2) is 46.2 Å². The Morgan fingerprint density at radius 3 is 2.52 bits per heavy atom. The predicted molar refractivity (Wildman–Crippen MR) is 111 cm³/mol. The second-order valence-corrected chi connectivity index (χ2v) is 8.03. The standard InChI is InChI=1S/C21H20N2O7S/c1-14(30-13-24)19-20(26)22(21(19)31-17-5-3-2-4-6-17)11-18(25)29-12-15-7-9-16(10-8-15)23(27)28/h2-10,13-14,19,21H,11-12H2,1H3/t14-,19+,21-/m0/s1. The van der Waals surface area contributed by atoms with E-state index in [2.05, 4.69) is 0 Å². The van der Waals surface area contributed by atoms with E-state index in [0.29, 0.717) is 12.0 Å². The molecule has 1 saturated heterocycles. The Labute approximate surface area is 182 Å². The van der Waals surface area contributed by atoms with Crippen molar-refractivity contribution < 1.29 is 28.8 Å². The van der Waals surface area contributed by atoms with Gasteiger partial charge in [-0.2, -0.15) is 0 Å². The molecule has 1 aliphatic rings. The number of thioether (sulfide) groups is 1. The quantitative estimate of drug-likeness (QED) is 0.181. The number of nitro benzene ring substituents is 1. The fourth-order valence-electron chi connectivity index (χ4n) is 3.16. The average molecular weight is 444 g/mol. The topological polar surface area (TPSA) is 116 Å². The number of carbonyl (C=O) groups excluding carboxylic acids is 3. The number of nitrogens with zero attached hydrogens (tertiary/aromatic N) is 2. The van der Waals surface area contributed by atoms with Crippen LogP contribution in [0, 0.1) is 16.0 Å². The molecule has 9 nitrogen and oxygen atoms in total. The van der Waals surface area contributed by atoms with Crippen molar-refractivity contribution in [1.82, 2.24) is 4.90 Å². The second-order valence-electron chi connectivity index (χ2n) is 6.84. The third kappa shape index (κ3) is 5.40. The van der Waals surface area contributed by atoms with E-state index in [1.165, 1.54) is 40.9 Å². The molecule has 0 N–H and O–H groups in total. The number of rotatable bonds is 10. The van der Waals surface area contributed by atoms with Crippen molar-refractivity contribution in [2.75, 3.05) is 6.54 Å². The van der Waals surface area contributed by atoms with E-state index in [-0.39, 0.29) is 24.7 Å². The van der Waals surface area contributed by atoms with Crippen LogP contribution in [0.25, 0.3) is 0 Å². The van der Waals surface area contributed by atoms with Crippen molar-refractivity contribution in [3.05, 3.63) is 70.3 Å². The first kappa shape index (κ1) is 22.3. The number of carbonyl (C=O) groups is 3. The first-order valence-corrected chi connectivity index (χ1v) is 10.3. The SMILES string of the molecule is C[C@H](OC=O)[C@@H]1C(=O)N(CC(=O)OCc2ccc([N+](=O)[O-])cc2)[C@H]1Sc1ccccc1. The highest BCUT2D eigenvalue weighted by atomic mass is 32.2. The number of non-ortho nitro benzene ring substituents is 1. The van der Waals surface area contributed by atoms with Gasteiger partial charge in [-0.15, -0.1) is 11.8 Å². The predicted octanol–water partition coefficient (Wildman–Crippen LogP) is 2.78. The molecule has 2 aromatic rings. The van der Waals surface area contributed by atoms with Crippen LogP contribution in [0.5, 0.6) is 0 Å². The zero-order valence-electron chi connectivity index (χ0n) is 16.6. The number of nitro groups is 1. The van der Waals surface area contributed by atoms with E-state index in [0.717, 1.165) is 4.90 Å². The van der Waals surface area contributed by atoms with Crippen molar-refractivity contribution in [3.8, 4) is 0 Å². The van der Waals surface area contributed by atoms with Crippen LogP contribution in [0.2, 0.25) is 0 Å². The molecule has 3 atom stereocenters. The van der Waals surface area contributed by atoms with Crippen LogP contribution >= 0.6 is 11.8 Å². The highest BCUT2D eigenvalue weighted by molar-refractivity contribution is 8.00. The van der Waals surface area contributed by atoms with Gasteiger partial charge >= 0.3 is 5.97 Å². The van der Waals surface area contributed by atoms with Crippen molar-refractivity contribution in [3.63, 3.8) is 0 Å².